The molecule has 0 bridgehead atoms. The van der Waals surface area contributed by atoms with Gasteiger partial charge in [-0.2, -0.15) is 0 Å². The van der Waals surface area contributed by atoms with Gasteiger partial charge in [0.1, 0.15) is 5.82 Å². The quantitative estimate of drug-likeness (QED) is 0.835. The molecule has 88 valence electrons. The standard InChI is InChI=1S/C14H13ClFN/c1-10(11-5-3-2-4-6-11)17-14-9-12(15)7-8-13(14)16/h2-10,17H,1H3. The van der Waals surface area contributed by atoms with Crippen molar-refractivity contribution in [1.82, 2.24) is 0 Å². The smallest absolute Gasteiger partial charge is 0.146 e. The summed E-state index contributed by atoms with van der Waals surface area (Å²) in [5.41, 5.74) is 1.53. The first kappa shape index (κ1) is 11.9. The number of benzene rings is 2. The highest BCUT2D eigenvalue weighted by atomic mass is 35.5. The maximum absolute atomic E-state index is 13.5. The molecule has 1 atom stereocenters. The molecule has 1 N–H and O–H groups in total. The molecule has 0 aliphatic heterocycles. The fraction of sp³-hybridized carbons (Fsp3) is 0.143. The Bertz CT molecular complexity index is 499. The van der Waals surface area contributed by atoms with Crippen LogP contribution in [0.25, 0.3) is 0 Å². The molecule has 3 heteroatoms. The van der Waals surface area contributed by atoms with Crippen LogP contribution in [0.2, 0.25) is 5.02 Å². The topological polar surface area (TPSA) is 12.0 Å². The molecule has 2 aromatic rings. The lowest BCUT2D eigenvalue weighted by Crippen LogP contribution is -2.07. The molecule has 0 fully saturated rings. The molecule has 2 rings (SSSR count). The van der Waals surface area contributed by atoms with E-state index in [2.05, 4.69) is 5.32 Å². The van der Waals surface area contributed by atoms with Crippen molar-refractivity contribution in [2.75, 3.05) is 5.32 Å². The predicted octanol–water partition coefficient (Wildman–Crippen LogP) is 4.65. The van der Waals surface area contributed by atoms with Gasteiger partial charge in [-0.05, 0) is 30.7 Å². The molecule has 1 unspecified atom stereocenters. The van der Waals surface area contributed by atoms with E-state index >= 15 is 0 Å². The van der Waals surface area contributed by atoms with Gasteiger partial charge in [-0.3, -0.25) is 0 Å². The molecule has 0 saturated heterocycles. The summed E-state index contributed by atoms with van der Waals surface area (Å²) in [6.45, 7) is 1.98. The predicted molar refractivity (Wildman–Crippen MR) is 69.9 cm³/mol. The van der Waals surface area contributed by atoms with E-state index in [4.69, 9.17) is 11.6 Å². The van der Waals surface area contributed by atoms with Crippen molar-refractivity contribution in [2.45, 2.75) is 13.0 Å². The van der Waals surface area contributed by atoms with Crippen LogP contribution in [0.1, 0.15) is 18.5 Å². The minimum absolute atomic E-state index is 0.0316. The van der Waals surface area contributed by atoms with Gasteiger partial charge in [0.25, 0.3) is 0 Å². The zero-order valence-corrected chi connectivity index (χ0v) is 10.2. The van der Waals surface area contributed by atoms with Crippen molar-refractivity contribution in [1.29, 1.82) is 0 Å². The van der Waals surface area contributed by atoms with Crippen LogP contribution >= 0.6 is 11.6 Å². The third-order valence-electron chi connectivity index (χ3n) is 2.60. The lowest BCUT2D eigenvalue weighted by molar-refractivity contribution is 0.627. The van der Waals surface area contributed by atoms with Crippen molar-refractivity contribution < 1.29 is 4.39 Å². The van der Waals surface area contributed by atoms with Gasteiger partial charge < -0.3 is 5.32 Å². The number of halogens is 2. The summed E-state index contributed by atoms with van der Waals surface area (Å²) >= 11 is 5.84. The van der Waals surface area contributed by atoms with Gasteiger partial charge in [-0.25, -0.2) is 4.39 Å². The summed E-state index contributed by atoms with van der Waals surface area (Å²) in [5.74, 6) is -0.294. The summed E-state index contributed by atoms with van der Waals surface area (Å²) in [5, 5.41) is 3.63. The minimum Gasteiger partial charge on any atom is -0.376 e. The Hall–Kier alpha value is -1.54. The van der Waals surface area contributed by atoms with Gasteiger partial charge in [0.05, 0.1) is 5.69 Å². The number of hydrogen-bond acceptors (Lipinski definition) is 1. The average molecular weight is 250 g/mol. The van der Waals surface area contributed by atoms with E-state index in [-0.39, 0.29) is 11.9 Å². The molecule has 0 heterocycles. The maximum atomic E-state index is 13.5. The van der Waals surface area contributed by atoms with E-state index in [0.29, 0.717) is 10.7 Å². The molecule has 2 aromatic carbocycles. The second-order valence-electron chi connectivity index (χ2n) is 3.90. The number of anilines is 1. The highest BCUT2D eigenvalue weighted by Gasteiger charge is 2.08. The van der Waals surface area contributed by atoms with Crippen molar-refractivity contribution in [2.24, 2.45) is 0 Å². The Morgan fingerprint density at radius 1 is 1.12 bits per heavy atom. The SMILES string of the molecule is CC(Nc1cc(Cl)ccc1F)c1ccccc1. The van der Waals surface area contributed by atoms with E-state index in [1.807, 2.05) is 37.3 Å². The third-order valence-corrected chi connectivity index (χ3v) is 2.84. The largest absolute Gasteiger partial charge is 0.376 e. The Labute approximate surface area is 105 Å². The summed E-state index contributed by atoms with van der Waals surface area (Å²) in [7, 11) is 0. The fourth-order valence-electron chi connectivity index (χ4n) is 1.67. The number of rotatable bonds is 3. The van der Waals surface area contributed by atoms with Gasteiger partial charge in [-0.1, -0.05) is 41.9 Å². The molecule has 0 amide bonds. The van der Waals surface area contributed by atoms with E-state index in [0.717, 1.165) is 5.56 Å². The molecule has 1 nitrogen and oxygen atoms in total. The minimum atomic E-state index is -0.294. The number of nitrogens with one attached hydrogen (secondary N) is 1. The van der Waals surface area contributed by atoms with Crippen molar-refractivity contribution in [3.63, 3.8) is 0 Å². The fourth-order valence-corrected chi connectivity index (χ4v) is 1.84. The maximum Gasteiger partial charge on any atom is 0.146 e. The zero-order valence-electron chi connectivity index (χ0n) is 9.45. The van der Waals surface area contributed by atoms with Gasteiger partial charge in [0.15, 0.2) is 0 Å². The molecule has 0 aromatic heterocycles. The molecular weight excluding hydrogens is 237 g/mol. The molecule has 17 heavy (non-hydrogen) atoms. The Balaban J connectivity index is 2.18. The second-order valence-corrected chi connectivity index (χ2v) is 4.34. The van der Waals surface area contributed by atoms with E-state index in [1.165, 1.54) is 12.1 Å². The van der Waals surface area contributed by atoms with Crippen LogP contribution in [0.4, 0.5) is 10.1 Å². The monoisotopic (exact) mass is 249 g/mol. The van der Waals surface area contributed by atoms with Crippen molar-refractivity contribution in [3.05, 3.63) is 64.9 Å². The Morgan fingerprint density at radius 3 is 2.53 bits per heavy atom. The van der Waals surface area contributed by atoms with E-state index in [1.54, 1.807) is 6.07 Å². The molecule has 0 aliphatic carbocycles. The first-order valence-electron chi connectivity index (χ1n) is 5.43. The van der Waals surface area contributed by atoms with E-state index in [9.17, 15) is 4.39 Å². The van der Waals surface area contributed by atoms with Crippen LogP contribution in [-0.4, -0.2) is 0 Å². The lowest BCUT2D eigenvalue weighted by atomic mass is 10.1. The van der Waals surface area contributed by atoms with Crippen LogP contribution < -0.4 is 5.32 Å². The lowest BCUT2D eigenvalue weighted by Gasteiger charge is -2.16. The van der Waals surface area contributed by atoms with Crippen LogP contribution in [0.5, 0.6) is 0 Å². The van der Waals surface area contributed by atoms with Gasteiger partial charge in [0.2, 0.25) is 0 Å². The molecular formula is C14H13ClFN. The highest BCUT2D eigenvalue weighted by Crippen LogP contribution is 2.24. The molecule has 0 saturated carbocycles. The second kappa shape index (κ2) is 5.19. The summed E-state index contributed by atoms with van der Waals surface area (Å²) < 4.78 is 13.5. The Kier molecular flexibility index (Phi) is 3.64. The Morgan fingerprint density at radius 2 is 1.82 bits per heavy atom. The average Bonchev–Trinajstić information content (AvgIpc) is 2.35. The van der Waals surface area contributed by atoms with Crippen molar-refractivity contribution >= 4 is 17.3 Å². The van der Waals surface area contributed by atoms with Crippen LogP contribution in [0.15, 0.2) is 48.5 Å². The number of hydrogen-bond donors (Lipinski definition) is 1. The van der Waals surface area contributed by atoms with Crippen molar-refractivity contribution in [3.8, 4) is 0 Å². The van der Waals surface area contributed by atoms with Crippen LogP contribution in [0.3, 0.4) is 0 Å². The van der Waals surface area contributed by atoms with Gasteiger partial charge in [0, 0.05) is 11.1 Å². The first-order valence-corrected chi connectivity index (χ1v) is 5.81. The summed E-state index contributed by atoms with van der Waals surface area (Å²) in [4.78, 5) is 0. The molecule has 0 spiro atoms. The van der Waals surface area contributed by atoms with Crippen LogP contribution in [-0.2, 0) is 0 Å². The van der Waals surface area contributed by atoms with E-state index < -0.39 is 0 Å². The molecule has 0 aliphatic rings. The summed E-state index contributed by atoms with van der Waals surface area (Å²) in [6, 6.07) is 14.4. The normalized spacial score (nSPS) is 12.2. The van der Waals surface area contributed by atoms with Gasteiger partial charge >= 0.3 is 0 Å². The first-order chi connectivity index (χ1) is 8.16. The zero-order chi connectivity index (χ0) is 12.3. The van der Waals surface area contributed by atoms with Gasteiger partial charge in [-0.15, -0.1) is 0 Å². The molecule has 0 radical (unpaired) electrons. The van der Waals surface area contributed by atoms with Crippen LogP contribution in [0, 0.1) is 5.82 Å². The third kappa shape index (κ3) is 2.98. The highest BCUT2D eigenvalue weighted by molar-refractivity contribution is 6.30. The summed E-state index contributed by atoms with van der Waals surface area (Å²) in [6.07, 6.45) is 0.